The van der Waals surface area contributed by atoms with E-state index in [0.29, 0.717) is 6.54 Å². The van der Waals surface area contributed by atoms with E-state index >= 15 is 0 Å². The first-order valence-electron chi connectivity index (χ1n) is 5.98. The largest absolute Gasteiger partial charge is 0.370 e. The second-order valence-electron chi connectivity index (χ2n) is 4.25. The third-order valence-corrected chi connectivity index (χ3v) is 4.15. The number of hydrogen-bond donors (Lipinski definition) is 1. The van der Waals surface area contributed by atoms with Crippen LogP contribution in [0.25, 0.3) is 0 Å². The van der Waals surface area contributed by atoms with E-state index in [9.17, 15) is 8.42 Å². The molecule has 1 rings (SSSR count). The minimum atomic E-state index is -3.09. The van der Waals surface area contributed by atoms with E-state index in [1.807, 2.05) is 25.8 Å². The van der Waals surface area contributed by atoms with Crippen molar-refractivity contribution >= 4 is 15.7 Å². The van der Waals surface area contributed by atoms with Gasteiger partial charge in [0.15, 0.2) is 5.76 Å². The van der Waals surface area contributed by atoms with E-state index in [1.54, 1.807) is 6.92 Å². The molecule has 0 aliphatic rings. The van der Waals surface area contributed by atoms with Crippen LogP contribution in [0.3, 0.4) is 0 Å². The van der Waals surface area contributed by atoms with Crippen molar-refractivity contribution in [3.63, 3.8) is 0 Å². The summed E-state index contributed by atoms with van der Waals surface area (Å²) >= 11 is 0. The van der Waals surface area contributed by atoms with Crippen molar-refractivity contribution in [2.75, 3.05) is 30.8 Å². The number of nitrogens with one attached hydrogen (secondary N) is 1. The number of nitrogens with zero attached hydrogens (tertiary/aromatic N) is 2. The Bertz CT molecular complexity index is 462. The summed E-state index contributed by atoms with van der Waals surface area (Å²) in [5.41, 5.74) is 1.83. The monoisotopic (exact) mass is 275 g/mol. The van der Waals surface area contributed by atoms with Crippen molar-refractivity contribution in [1.29, 1.82) is 0 Å². The van der Waals surface area contributed by atoms with Crippen LogP contribution in [-0.4, -0.2) is 39.5 Å². The SMILES string of the molecule is CCS(=O)(=O)NCCCN(C)c1c(C)noc1C. The van der Waals surface area contributed by atoms with Crippen LogP contribution in [0.5, 0.6) is 0 Å². The zero-order chi connectivity index (χ0) is 13.8. The van der Waals surface area contributed by atoms with Crippen LogP contribution in [0.2, 0.25) is 0 Å². The lowest BCUT2D eigenvalue weighted by Gasteiger charge is -2.18. The van der Waals surface area contributed by atoms with Gasteiger partial charge in [-0.1, -0.05) is 5.16 Å². The van der Waals surface area contributed by atoms with Crippen LogP contribution < -0.4 is 9.62 Å². The molecule has 0 atom stereocenters. The lowest BCUT2D eigenvalue weighted by molar-refractivity contribution is 0.393. The summed E-state index contributed by atoms with van der Waals surface area (Å²) in [7, 11) is -1.14. The van der Waals surface area contributed by atoms with Gasteiger partial charge in [-0.15, -0.1) is 0 Å². The molecule has 0 radical (unpaired) electrons. The van der Waals surface area contributed by atoms with Crippen molar-refractivity contribution in [1.82, 2.24) is 9.88 Å². The van der Waals surface area contributed by atoms with Crippen LogP contribution in [-0.2, 0) is 10.0 Å². The molecule has 7 heteroatoms. The first-order chi connectivity index (χ1) is 8.37. The van der Waals surface area contributed by atoms with Crippen LogP contribution >= 0.6 is 0 Å². The van der Waals surface area contributed by atoms with Crippen LogP contribution in [0.4, 0.5) is 5.69 Å². The Kier molecular flexibility index (Phi) is 5.15. The number of sulfonamides is 1. The predicted octanol–water partition coefficient (Wildman–Crippen LogP) is 1.06. The number of anilines is 1. The van der Waals surface area contributed by atoms with Gasteiger partial charge < -0.3 is 9.42 Å². The number of aryl methyl sites for hydroxylation is 2. The maximum Gasteiger partial charge on any atom is 0.211 e. The van der Waals surface area contributed by atoms with Gasteiger partial charge in [0, 0.05) is 20.1 Å². The quantitative estimate of drug-likeness (QED) is 0.753. The van der Waals surface area contributed by atoms with Gasteiger partial charge >= 0.3 is 0 Å². The van der Waals surface area contributed by atoms with Gasteiger partial charge in [-0.25, -0.2) is 13.1 Å². The summed E-state index contributed by atoms with van der Waals surface area (Å²) < 4.78 is 30.1. The van der Waals surface area contributed by atoms with Gasteiger partial charge in [-0.3, -0.25) is 0 Å². The molecule has 0 aliphatic carbocycles. The summed E-state index contributed by atoms with van der Waals surface area (Å²) in [6.07, 6.45) is 0.736. The average molecular weight is 275 g/mol. The minimum Gasteiger partial charge on any atom is -0.370 e. The van der Waals surface area contributed by atoms with E-state index in [2.05, 4.69) is 9.88 Å². The second-order valence-corrected chi connectivity index (χ2v) is 6.34. The standard InChI is InChI=1S/C11H21N3O3S/c1-5-18(15,16)12-7-6-8-14(4)11-9(2)13-17-10(11)3/h12H,5-8H2,1-4H3. The van der Waals surface area contributed by atoms with Gasteiger partial charge in [0.05, 0.1) is 5.75 Å². The summed E-state index contributed by atoms with van der Waals surface area (Å²) in [6.45, 7) is 6.57. The highest BCUT2D eigenvalue weighted by Crippen LogP contribution is 2.22. The van der Waals surface area contributed by atoms with Crippen LogP contribution in [0.15, 0.2) is 4.52 Å². The maximum absolute atomic E-state index is 11.2. The Morgan fingerprint density at radius 1 is 1.39 bits per heavy atom. The fraction of sp³-hybridized carbons (Fsp3) is 0.727. The molecule has 0 bridgehead atoms. The Hall–Kier alpha value is -1.08. The van der Waals surface area contributed by atoms with Crippen LogP contribution in [0.1, 0.15) is 24.8 Å². The highest BCUT2D eigenvalue weighted by molar-refractivity contribution is 7.89. The third-order valence-electron chi connectivity index (χ3n) is 2.75. The lowest BCUT2D eigenvalue weighted by atomic mass is 10.3. The zero-order valence-corrected chi connectivity index (χ0v) is 12.2. The molecule has 18 heavy (non-hydrogen) atoms. The molecule has 0 saturated heterocycles. The van der Waals surface area contributed by atoms with Crippen molar-refractivity contribution in [2.24, 2.45) is 0 Å². The van der Waals surface area contributed by atoms with E-state index in [0.717, 1.165) is 30.1 Å². The van der Waals surface area contributed by atoms with Gasteiger partial charge in [0.2, 0.25) is 10.0 Å². The number of hydrogen-bond acceptors (Lipinski definition) is 5. The fourth-order valence-electron chi connectivity index (χ4n) is 1.78. The molecule has 1 aromatic rings. The van der Waals surface area contributed by atoms with E-state index in [1.165, 1.54) is 0 Å². The molecular weight excluding hydrogens is 254 g/mol. The fourth-order valence-corrected chi connectivity index (χ4v) is 2.44. The molecule has 6 nitrogen and oxygen atoms in total. The van der Waals surface area contributed by atoms with Gasteiger partial charge in [0.1, 0.15) is 11.4 Å². The first-order valence-corrected chi connectivity index (χ1v) is 7.64. The zero-order valence-electron chi connectivity index (χ0n) is 11.4. The smallest absolute Gasteiger partial charge is 0.211 e. The summed E-state index contributed by atoms with van der Waals surface area (Å²) in [6, 6.07) is 0. The van der Waals surface area contributed by atoms with Crippen molar-refractivity contribution in [3.8, 4) is 0 Å². The summed E-state index contributed by atoms with van der Waals surface area (Å²) in [5.74, 6) is 0.899. The molecule has 1 N–H and O–H groups in total. The number of rotatable bonds is 7. The first kappa shape index (κ1) is 15.0. The van der Waals surface area contributed by atoms with Gasteiger partial charge in [-0.05, 0) is 27.2 Å². The predicted molar refractivity (Wildman–Crippen MR) is 71.3 cm³/mol. The van der Waals surface area contributed by atoms with Crippen molar-refractivity contribution in [3.05, 3.63) is 11.5 Å². The maximum atomic E-state index is 11.2. The highest BCUT2D eigenvalue weighted by atomic mass is 32.2. The summed E-state index contributed by atoms with van der Waals surface area (Å²) in [5, 5.41) is 3.89. The van der Waals surface area contributed by atoms with Crippen molar-refractivity contribution in [2.45, 2.75) is 27.2 Å². The minimum absolute atomic E-state index is 0.118. The van der Waals surface area contributed by atoms with E-state index in [4.69, 9.17) is 4.52 Å². The second kappa shape index (κ2) is 6.19. The molecule has 0 fully saturated rings. The molecule has 0 saturated carbocycles. The molecule has 0 spiro atoms. The number of aromatic nitrogens is 1. The van der Waals surface area contributed by atoms with E-state index in [-0.39, 0.29) is 5.75 Å². The average Bonchev–Trinajstić information content (AvgIpc) is 2.64. The third kappa shape index (κ3) is 3.99. The van der Waals surface area contributed by atoms with Gasteiger partial charge in [0.25, 0.3) is 0 Å². The molecule has 0 unspecified atom stereocenters. The molecule has 1 heterocycles. The molecular formula is C11H21N3O3S. The highest BCUT2D eigenvalue weighted by Gasteiger charge is 2.13. The molecule has 0 aromatic carbocycles. The molecule has 0 aliphatic heterocycles. The van der Waals surface area contributed by atoms with E-state index < -0.39 is 10.0 Å². The Balaban J connectivity index is 2.41. The van der Waals surface area contributed by atoms with Crippen molar-refractivity contribution < 1.29 is 12.9 Å². The molecule has 0 amide bonds. The normalized spacial score (nSPS) is 11.8. The lowest BCUT2D eigenvalue weighted by Crippen LogP contribution is -2.29. The molecule has 104 valence electrons. The Labute approximate surface area is 108 Å². The Morgan fingerprint density at radius 3 is 2.56 bits per heavy atom. The topological polar surface area (TPSA) is 75.4 Å². The van der Waals surface area contributed by atoms with Crippen LogP contribution in [0, 0.1) is 13.8 Å². The Morgan fingerprint density at radius 2 is 2.06 bits per heavy atom. The van der Waals surface area contributed by atoms with Gasteiger partial charge in [-0.2, -0.15) is 0 Å². The summed E-state index contributed by atoms with van der Waals surface area (Å²) in [4.78, 5) is 2.03. The molecule has 1 aromatic heterocycles.